The van der Waals surface area contributed by atoms with Gasteiger partial charge in [-0.3, -0.25) is 15.0 Å². The van der Waals surface area contributed by atoms with E-state index in [2.05, 4.69) is 22.0 Å². The van der Waals surface area contributed by atoms with Crippen LogP contribution in [0.1, 0.15) is 45.4 Å². The topological polar surface area (TPSA) is 44.8 Å². The molecular weight excluding hydrogens is 266 g/mol. The van der Waals surface area contributed by atoms with Crippen LogP contribution in [0.2, 0.25) is 0 Å². The van der Waals surface area contributed by atoms with Crippen LogP contribution in [0.3, 0.4) is 0 Å². The summed E-state index contributed by atoms with van der Waals surface area (Å²) >= 11 is 0. The van der Waals surface area contributed by atoms with E-state index in [0.717, 1.165) is 65.1 Å². The molecule has 0 aromatic carbocycles. The number of rotatable bonds is 5. The van der Waals surface area contributed by atoms with Gasteiger partial charge >= 0.3 is 0 Å². The first kappa shape index (κ1) is 15.3. The molecule has 1 saturated carbocycles. The van der Waals surface area contributed by atoms with E-state index in [9.17, 15) is 4.79 Å². The summed E-state index contributed by atoms with van der Waals surface area (Å²) in [5, 5.41) is 3.69. The van der Waals surface area contributed by atoms with Gasteiger partial charge in [0.2, 0.25) is 5.91 Å². The second-order valence-corrected chi connectivity index (χ2v) is 6.69. The lowest BCUT2D eigenvalue weighted by Gasteiger charge is -2.30. The quantitative estimate of drug-likeness (QED) is 0.827. The number of morpholine rings is 1. The smallest absolute Gasteiger partial charge is 0.244 e. The van der Waals surface area contributed by atoms with E-state index < -0.39 is 0 Å². The molecule has 1 aliphatic carbocycles. The number of carbonyl (C=O) groups excluding carboxylic acids is 1. The van der Waals surface area contributed by atoms with Crippen LogP contribution in [-0.4, -0.2) is 66.8 Å². The highest BCUT2D eigenvalue weighted by Gasteiger charge is 2.51. The fraction of sp³-hybridized carbons (Fsp3) is 0.938. The molecule has 0 aromatic heterocycles. The van der Waals surface area contributed by atoms with E-state index in [0.29, 0.717) is 5.91 Å². The third-order valence-electron chi connectivity index (χ3n) is 5.27. The summed E-state index contributed by atoms with van der Waals surface area (Å²) in [7, 11) is 0. The van der Waals surface area contributed by atoms with Gasteiger partial charge in [-0.2, -0.15) is 0 Å². The summed E-state index contributed by atoms with van der Waals surface area (Å²) in [6, 6.07) is 0. The van der Waals surface area contributed by atoms with Gasteiger partial charge in [-0.1, -0.05) is 26.2 Å². The van der Waals surface area contributed by atoms with Crippen LogP contribution in [0.25, 0.3) is 0 Å². The molecule has 1 amide bonds. The molecule has 1 spiro atoms. The Bertz CT molecular complexity index is 363. The molecule has 120 valence electrons. The first-order valence-electron chi connectivity index (χ1n) is 8.64. The Morgan fingerprint density at radius 3 is 2.62 bits per heavy atom. The van der Waals surface area contributed by atoms with Crippen molar-refractivity contribution in [3.63, 3.8) is 0 Å². The van der Waals surface area contributed by atoms with E-state index in [4.69, 9.17) is 4.74 Å². The van der Waals surface area contributed by atoms with E-state index in [1.165, 1.54) is 12.8 Å². The Hall–Kier alpha value is -0.650. The average Bonchev–Trinajstić information content (AvgIpc) is 3.07. The lowest BCUT2D eigenvalue weighted by Crippen LogP contribution is -2.45. The van der Waals surface area contributed by atoms with Gasteiger partial charge in [0.15, 0.2) is 0 Å². The van der Waals surface area contributed by atoms with Crippen LogP contribution >= 0.6 is 0 Å². The van der Waals surface area contributed by atoms with E-state index >= 15 is 0 Å². The zero-order valence-electron chi connectivity index (χ0n) is 13.3. The fourth-order valence-corrected chi connectivity index (χ4v) is 4.04. The van der Waals surface area contributed by atoms with Crippen LogP contribution in [0.4, 0.5) is 0 Å². The summed E-state index contributed by atoms with van der Waals surface area (Å²) in [6.45, 7) is 7.69. The third kappa shape index (κ3) is 3.10. The van der Waals surface area contributed by atoms with Gasteiger partial charge in [0, 0.05) is 26.2 Å². The maximum Gasteiger partial charge on any atom is 0.244 e. The Morgan fingerprint density at radius 2 is 1.95 bits per heavy atom. The van der Waals surface area contributed by atoms with E-state index in [-0.39, 0.29) is 11.7 Å². The van der Waals surface area contributed by atoms with Gasteiger partial charge in [-0.15, -0.1) is 0 Å². The van der Waals surface area contributed by atoms with Crippen molar-refractivity contribution in [2.45, 2.75) is 57.2 Å². The number of ether oxygens (including phenoxy) is 1. The Kier molecular flexibility index (Phi) is 4.82. The van der Waals surface area contributed by atoms with Crippen molar-refractivity contribution in [3.05, 3.63) is 0 Å². The number of nitrogens with zero attached hydrogens (tertiary/aromatic N) is 2. The zero-order chi connectivity index (χ0) is 14.7. The molecule has 5 nitrogen and oxygen atoms in total. The van der Waals surface area contributed by atoms with Gasteiger partial charge in [0.05, 0.1) is 24.9 Å². The molecule has 1 unspecified atom stereocenters. The minimum absolute atomic E-state index is 0.217. The molecule has 1 atom stereocenters. The summed E-state index contributed by atoms with van der Waals surface area (Å²) in [4.78, 5) is 17.5. The standard InChI is InChI=1S/C16H29N3O2/c1-2-5-14-17-16(6-3-4-7-16)15(20)19(14)9-8-18-10-12-21-13-11-18/h14,17H,2-13H2,1H3. The number of hydrogen-bond acceptors (Lipinski definition) is 4. The average molecular weight is 295 g/mol. The molecule has 2 aliphatic heterocycles. The Balaban J connectivity index is 1.61. The fourth-order valence-electron chi connectivity index (χ4n) is 4.04. The first-order valence-corrected chi connectivity index (χ1v) is 8.64. The van der Waals surface area contributed by atoms with Crippen LogP contribution in [0, 0.1) is 0 Å². The maximum atomic E-state index is 12.9. The Morgan fingerprint density at radius 1 is 1.24 bits per heavy atom. The molecule has 1 N–H and O–H groups in total. The summed E-state index contributed by atoms with van der Waals surface area (Å²) < 4.78 is 5.39. The van der Waals surface area contributed by atoms with E-state index in [1.54, 1.807) is 0 Å². The lowest BCUT2D eigenvalue weighted by atomic mass is 9.98. The van der Waals surface area contributed by atoms with Crippen molar-refractivity contribution in [2.24, 2.45) is 0 Å². The number of nitrogens with one attached hydrogen (secondary N) is 1. The molecule has 5 heteroatoms. The molecule has 3 aliphatic rings. The predicted molar refractivity (Wildman–Crippen MR) is 82.0 cm³/mol. The molecule has 3 fully saturated rings. The number of carbonyl (C=O) groups is 1. The molecule has 21 heavy (non-hydrogen) atoms. The lowest BCUT2D eigenvalue weighted by molar-refractivity contribution is -0.133. The highest BCUT2D eigenvalue weighted by Crippen LogP contribution is 2.37. The summed E-state index contributed by atoms with van der Waals surface area (Å²) in [5.41, 5.74) is -0.217. The normalized spacial score (nSPS) is 29.7. The van der Waals surface area contributed by atoms with Crippen LogP contribution in [0.15, 0.2) is 0 Å². The van der Waals surface area contributed by atoms with Gasteiger partial charge in [0.25, 0.3) is 0 Å². The largest absolute Gasteiger partial charge is 0.379 e. The highest BCUT2D eigenvalue weighted by atomic mass is 16.5. The predicted octanol–water partition coefficient (Wildman–Crippen LogP) is 1.19. The molecular formula is C16H29N3O2. The second-order valence-electron chi connectivity index (χ2n) is 6.69. The monoisotopic (exact) mass is 295 g/mol. The first-order chi connectivity index (χ1) is 10.2. The van der Waals surface area contributed by atoms with Crippen molar-refractivity contribution in [2.75, 3.05) is 39.4 Å². The highest BCUT2D eigenvalue weighted by molar-refractivity contribution is 5.89. The van der Waals surface area contributed by atoms with Crippen LogP contribution in [0.5, 0.6) is 0 Å². The summed E-state index contributed by atoms with van der Waals surface area (Å²) in [5.74, 6) is 0.367. The number of amides is 1. The molecule has 3 rings (SSSR count). The molecule has 0 bridgehead atoms. The molecule has 2 heterocycles. The van der Waals surface area contributed by atoms with Gasteiger partial charge in [0.1, 0.15) is 0 Å². The van der Waals surface area contributed by atoms with Crippen molar-refractivity contribution in [1.82, 2.24) is 15.1 Å². The van der Waals surface area contributed by atoms with Crippen LogP contribution in [-0.2, 0) is 9.53 Å². The van der Waals surface area contributed by atoms with E-state index in [1.807, 2.05) is 0 Å². The van der Waals surface area contributed by atoms with Crippen molar-refractivity contribution in [3.8, 4) is 0 Å². The van der Waals surface area contributed by atoms with Gasteiger partial charge in [-0.05, 0) is 19.3 Å². The summed E-state index contributed by atoms with van der Waals surface area (Å²) in [6.07, 6.45) is 6.87. The van der Waals surface area contributed by atoms with Gasteiger partial charge < -0.3 is 9.64 Å². The van der Waals surface area contributed by atoms with Crippen molar-refractivity contribution in [1.29, 1.82) is 0 Å². The van der Waals surface area contributed by atoms with Crippen molar-refractivity contribution < 1.29 is 9.53 Å². The zero-order valence-corrected chi connectivity index (χ0v) is 13.3. The van der Waals surface area contributed by atoms with Crippen LogP contribution < -0.4 is 5.32 Å². The molecule has 2 saturated heterocycles. The maximum absolute atomic E-state index is 12.9. The Labute approximate surface area is 128 Å². The minimum atomic E-state index is -0.217. The number of hydrogen-bond donors (Lipinski definition) is 1. The SMILES string of the molecule is CCCC1NC2(CCCC2)C(=O)N1CCN1CCOCC1. The minimum Gasteiger partial charge on any atom is -0.379 e. The van der Waals surface area contributed by atoms with Crippen molar-refractivity contribution >= 4 is 5.91 Å². The molecule has 0 aromatic rings. The second kappa shape index (κ2) is 6.63. The van der Waals surface area contributed by atoms with Gasteiger partial charge in [-0.25, -0.2) is 0 Å². The third-order valence-corrected chi connectivity index (χ3v) is 5.27. The molecule has 0 radical (unpaired) electrons.